The summed E-state index contributed by atoms with van der Waals surface area (Å²) in [6.07, 6.45) is 13.3. The Bertz CT molecular complexity index is 557. The van der Waals surface area contributed by atoms with Gasteiger partial charge in [0.05, 0.1) is 0 Å². The minimum Gasteiger partial charge on any atom is -0.129 e. The van der Waals surface area contributed by atoms with Crippen LogP contribution in [0.4, 0.5) is 0 Å². The predicted molar refractivity (Wildman–Crippen MR) is 88.9 cm³/mol. The van der Waals surface area contributed by atoms with Crippen molar-refractivity contribution in [3.8, 4) is 0 Å². The average molecular weight is 280 g/mol. The van der Waals surface area contributed by atoms with Crippen LogP contribution in [-0.4, -0.2) is 0 Å². The molecule has 0 bridgehead atoms. The van der Waals surface area contributed by atoms with Crippen LogP contribution in [-0.2, 0) is 0 Å². The summed E-state index contributed by atoms with van der Waals surface area (Å²) in [6, 6.07) is 0. The predicted octanol–water partition coefficient (Wildman–Crippen LogP) is 5.83. The first-order valence-corrected chi connectivity index (χ1v) is 8.91. The summed E-state index contributed by atoms with van der Waals surface area (Å²) < 4.78 is 0. The number of hydrogen-bond acceptors (Lipinski definition) is 0. The number of allylic oxidation sites excluding steroid dienone is 4. The molecule has 0 aliphatic heterocycles. The lowest BCUT2D eigenvalue weighted by molar-refractivity contribution is 0.0143. The van der Waals surface area contributed by atoms with Gasteiger partial charge in [0.15, 0.2) is 0 Å². The van der Waals surface area contributed by atoms with Gasteiger partial charge in [-0.3, -0.25) is 0 Å². The van der Waals surface area contributed by atoms with Gasteiger partial charge in [-0.1, -0.05) is 37.3 Å². The molecule has 4 aliphatic rings. The van der Waals surface area contributed by atoms with E-state index >= 15 is 0 Å². The van der Waals surface area contributed by atoms with Crippen LogP contribution in [0.25, 0.3) is 0 Å². The van der Waals surface area contributed by atoms with Crippen LogP contribution < -0.4 is 0 Å². The standard InChI is InChI=1S/C21H28/c1-4-16-7-10-20-19-9-6-15-13-14(2)5-8-17(15)18(19)11-12-21(16,20)3/h13,17-20H,1-2,5-12H2,3H3/t17-,18?,19?,20?,21+/m0/s1. The molecule has 4 aliphatic carbocycles. The van der Waals surface area contributed by atoms with Crippen molar-refractivity contribution in [1.82, 2.24) is 0 Å². The minimum absolute atomic E-state index is 0.433. The van der Waals surface area contributed by atoms with Gasteiger partial charge in [0.1, 0.15) is 0 Å². The molecule has 0 nitrogen and oxygen atoms in total. The Balaban J connectivity index is 1.66. The summed E-state index contributed by atoms with van der Waals surface area (Å²) in [5.41, 5.74) is 8.40. The van der Waals surface area contributed by atoms with E-state index < -0.39 is 0 Å². The molecule has 21 heavy (non-hydrogen) atoms. The second kappa shape index (κ2) is 4.75. The van der Waals surface area contributed by atoms with E-state index in [1.807, 2.05) is 0 Å². The van der Waals surface area contributed by atoms with Gasteiger partial charge in [-0.25, -0.2) is 0 Å². The van der Waals surface area contributed by atoms with E-state index in [2.05, 4.69) is 31.9 Å². The van der Waals surface area contributed by atoms with E-state index in [4.69, 9.17) is 0 Å². The molecular formula is C21H28. The highest BCUT2D eigenvalue weighted by Crippen LogP contribution is 2.63. The van der Waals surface area contributed by atoms with Crippen molar-refractivity contribution in [2.45, 2.75) is 58.3 Å². The van der Waals surface area contributed by atoms with Crippen molar-refractivity contribution < 1.29 is 0 Å². The average Bonchev–Trinajstić information content (AvgIpc) is 2.83. The Morgan fingerprint density at radius 2 is 1.95 bits per heavy atom. The maximum Gasteiger partial charge on any atom is -0.000957 e. The highest BCUT2D eigenvalue weighted by atomic mass is 14.6. The molecule has 112 valence electrons. The van der Waals surface area contributed by atoms with Gasteiger partial charge in [0.25, 0.3) is 0 Å². The van der Waals surface area contributed by atoms with E-state index in [9.17, 15) is 0 Å². The highest BCUT2D eigenvalue weighted by Gasteiger charge is 2.54. The third-order valence-corrected chi connectivity index (χ3v) is 7.42. The Hall–Kier alpha value is -1.00. The van der Waals surface area contributed by atoms with Gasteiger partial charge in [-0.2, -0.15) is 0 Å². The van der Waals surface area contributed by atoms with Gasteiger partial charge >= 0.3 is 0 Å². The molecule has 0 radical (unpaired) electrons. The zero-order valence-corrected chi connectivity index (χ0v) is 13.5. The normalized spacial score (nSPS) is 45.3. The molecule has 0 aromatic rings. The molecule has 0 N–H and O–H groups in total. The Morgan fingerprint density at radius 3 is 2.76 bits per heavy atom. The topological polar surface area (TPSA) is 0 Å². The van der Waals surface area contributed by atoms with Crippen LogP contribution in [0.5, 0.6) is 0 Å². The lowest BCUT2D eigenvalue weighted by atomic mass is 9.52. The van der Waals surface area contributed by atoms with Crippen LogP contribution in [0, 0.1) is 29.1 Å². The maximum atomic E-state index is 4.20. The monoisotopic (exact) mass is 280 g/mol. The van der Waals surface area contributed by atoms with Crippen LogP contribution in [0.15, 0.2) is 41.7 Å². The molecule has 3 saturated carbocycles. The van der Waals surface area contributed by atoms with Crippen molar-refractivity contribution in [2.24, 2.45) is 29.1 Å². The summed E-state index contributed by atoms with van der Waals surface area (Å²) in [7, 11) is 0. The van der Waals surface area contributed by atoms with Crippen molar-refractivity contribution in [1.29, 1.82) is 0 Å². The third-order valence-electron chi connectivity index (χ3n) is 7.42. The quantitative estimate of drug-likeness (QED) is 0.490. The molecule has 3 unspecified atom stereocenters. The van der Waals surface area contributed by atoms with Crippen molar-refractivity contribution in [3.05, 3.63) is 41.7 Å². The molecule has 0 saturated heterocycles. The highest BCUT2D eigenvalue weighted by molar-refractivity contribution is 5.30. The number of rotatable bonds is 0. The second-order valence-electron chi connectivity index (χ2n) is 8.15. The van der Waals surface area contributed by atoms with E-state index in [1.165, 1.54) is 56.9 Å². The number of fused-ring (bicyclic) bond motifs is 5. The van der Waals surface area contributed by atoms with Gasteiger partial charge in [-0.15, -0.1) is 5.73 Å². The smallest absolute Gasteiger partial charge is 0.000957 e. The molecule has 5 atom stereocenters. The Morgan fingerprint density at radius 1 is 1.10 bits per heavy atom. The molecule has 0 aromatic heterocycles. The van der Waals surface area contributed by atoms with Gasteiger partial charge < -0.3 is 0 Å². The fourth-order valence-electron chi connectivity index (χ4n) is 6.38. The van der Waals surface area contributed by atoms with Crippen LogP contribution in [0.3, 0.4) is 0 Å². The maximum absolute atomic E-state index is 4.20. The Kier molecular flexibility index (Phi) is 3.09. The lowest BCUT2D eigenvalue weighted by Gasteiger charge is -2.53. The first-order chi connectivity index (χ1) is 10.1. The minimum atomic E-state index is 0.433. The molecule has 0 spiro atoms. The third kappa shape index (κ3) is 1.88. The lowest BCUT2D eigenvalue weighted by Crippen LogP contribution is -2.44. The fourth-order valence-corrected chi connectivity index (χ4v) is 6.38. The largest absolute Gasteiger partial charge is 0.129 e. The van der Waals surface area contributed by atoms with Gasteiger partial charge in [0, 0.05) is 0 Å². The molecule has 3 fully saturated rings. The summed E-state index contributed by atoms with van der Waals surface area (Å²) in [4.78, 5) is 0. The Labute approximate surface area is 129 Å². The van der Waals surface area contributed by atoms with E-state index in [0.717, 1.165) is 23.7 Å². The van der Waals surface area contributed by atoms with Crippen molar-refractivity contribution >= 4 is 0 Å². The second-order valence-corrected chi connectivity index (χ2v) is 8.15. The molecule has 0 aromatic carbocycles. The summed E-state index contributed by atoms with van der Waals surface area (Å²) >= 11 is 0. The van der Waals surface area contributed by atoms with Gasteiger partial charge in [-0.05, 0) is 86.0 Å². The summed E-state index contributed by atoms with van der Waals surface area (Å²) in [5.74, 6) is 3.71. The fraction of sp³-hybridized carbons (Fsp3) is 0.667. The molecule has 0 amide bonds. The molecule has 0 heterocycles. The van der Waals surface area contributed by atoms with E-state index in [-0.39, 0.29) is 0 Å². The first-order valence-electron chi connectivity index (χ1n) is 8.91. The van der Waals surface area contributed by atoms with Crippen molar-refractivity contribution in [2.75, 3.05) is 0 Å². The van der Waals surface area contributed by atoms with E-state index in [0.29, 0.717) is 5.41 Å². The summed E-state index contributed by atoms with van der Waals surface area (Å²) in [5, 5.41) is 0. The molecular weight excluding hydrogens is 252 g/mol. The first kappa shape index (κ1) is 13.6. The number of hydrogen-bond donors (Lipinski definition) is 0. The van der Waals surface area contributed by atoms with Crippen LogP contribution in [0.1, 0.15) is 58.3 Å². The molecule has 4 rings (SSSR count). The SMILES string of the molecule is C=C=C1CCC2C3CCC4=CC(=C)CC[C@@H]4C3CC[C@]12C. The van der Waals surface area contributed by atoms with Gasteiger partial charge in [0.2, 0.25) is 0 Å². The summed E-state index contributed by atoms with van der Waals surface area (Å²) in [6.45, 7) is 10.7. The zero-order chi connectivity index (χ0) is 14.6. The zero-order valence-electron chi connectivity index (χ0n) is 13.5. The molecule has 0 heteroatoms. The van der Waals surface area contributed by atoms with Crippen LogP contribution in [0.2, 0.25) is 0 Å². The van der Waals surface area contributed by atoms with Crippen LogP contribution >= 0.6 is 0 Å². The van der Waals surface area contributed by atoms with E-state index in [1.54, 1.807) is 11.1 Å². The van der Waals surface area contributed by atoms with Crippen molar-refractivity contribution in [3.63, 3.8) is 0 Å².